The maximum atomic E-state index is 12.7. The quantitative estimate of drug-likeness (QED) is 0.639. The molecular formula is C24H26N4O3. The minimum atomic E-state index is -0.381. The van der Waals surface area contributed by atoms with Gasteiger partial charge in [0.1, 0.15) is 5.75 Å². The Hall–Kier alpha value is -3.61. The molecule has 0 spiro atoms. The second kappa shape index (κ2) is 8.26. The highest BCUT2D eigenvalue weighted by atomic mass is 16.5. The van der Waals surface area contributed by atoms with Crippen LogP contribution < -0.4 is 10.1 Å². The summed E-state index contributed by atoms with van der Waals surface area (Å²) in [5.74, 6) is 1.57. The second-order valence-corrected chi connectivity index (χ2v) is 7.62. The smallest absolute Gasteiger partial charge is 0.322 e. The first-order valence-corrected chi connectivity index (χ1v) is 10.3. The maximum Gasteiger partial charge on any atom is 0.322 e. The number of urea groups is 1. The molecule has 0 bridgehead atoms. The van der Waals surface area contributed by atoms with Gasteiger partial charge in [-0.2, -0.15) is 4.98 Å². The second-order valence-electron chi connectivity index (χ2n) is 7.62. The molecule has 31 heavy (non-hydrogen) atoms. The average Bonchev–Trinajstić information content (AvgIpc) is 3.25. The van der Waals surface area contributed by atoms with E-state index in [4.69, 9.17) is 9.26 Å². The number of rotatable bonds is 5. The van der Waals surface area contributed by atoms with Crippen molar-refractivity contribution in [2.75, 3.05) is 13.7 Å². The fraction of sp³-hybridized carbons (Fsp3) is 0.292. The lowest BCUT2D eigenvalue weighted by molar-refractivity contribution is 0.207. The Kier molecular flexibility index (Phi) is 5.50. The van der Waals surface area contributed by atoms with Crippen LogP contribution >= 0.6 is 0 Å². The summed E-state index contributed by atoms with van der Waals surface area (Å²) in [4.78, 5) is 19.1. The van der Waals surface area contributed by atoms with Gasteiger partial charge in [0.25, 0.3) is 5.89 Å². The predicted molar refractivity (Wildman–Crippen MR) is 118 cm³/mol. The highest BCUT2D eigenvalue weighted by Crippen LogP contribution is 2.37. The molecule has 0 aliphatic carbocycles. The Labute approximate surface area is 181 Å². The van der Waals surface area contributed by atoms with Crippen molar-refractivity contribution < 1.29 is 14.1 Å². The van der Waals surface area contributed by atoms with E-state index in [0.717, 1.165) is 28.0 Å². The minimum absolute atomic E-state index is 0.139. The third kappa shape index (κ3) is 3.79. The van der Waals surface area contributed by atoms with E-state index in [2.05, 4.69) is 41.4 Å². The Balaban J connectivity index is 1.82. The number of aryl methyl sites for hydroxylation is 2. The van der Waals surface area contributed by atoms with Gasteiger partial charge in [0.2, 0.25) is 5.82 Å². The molecule has 0 saturated heterocycles. The van der Waals surface area contributed by atoms with Gasteiger partial charge in [0.05, 0.1) is 18.7 Å². The van der Waals surface area contributed by atoms with Crippen LogP contribution in [-0.4, -0.2) is 34.7 Å². The molecule has 4 rings (SSSR count). The Morgan fingerprint density at radius 2 is 1.94 bits per heavy atom. The molecule has 1 atom stereocenters. The summed E-state index contributed by atoms with van der Waals surface area (Å²) >= 11 is 0. The number of amides is 2. The largest absolute Gasteiger partial charge is 0.497 e. The van der Waals surface area contributed by atoms with Gasteiger partial charge < -0.3 is 14.6 Å². The van der Waals surface area contributed by atoms with Gasteiger partial charge in [-0.3, -0.25) is 4.90 Å². The van der Waals surface area contributed by atoms with Gasteiger partial charge in [-0.05, 0) is 56.5 Å². The van der Waals surface area contributed by atoms with Crippen molar-refractivity contribution in [3.63, 3.8) is 0 Å². The lowest BCUT2D eigenvalue weighted by Gasteiger charge is -2.34. The van der Waals surface area contributed by atoms with Gasteiger partial charge in [0.15, 0.2) is 0 Å². The molecule has 0 fully saturated rings. The number of hydrogen-bond acceptors (Lipinski definition) is 5. The molecule has 2 amide bonds. The van der Waals surface area contributed by atoms with Crippen molar-refractivity contribution in [2.45, 2.75) is 33.7 Å². The fourth-order valence-corrected chi connectivity index (χ4v) is 3.85. The number of nitrogens with one attached hydrogen (secondary N) is 1. The SMILES string of the molecule is CCN1C(=O)NC(c2ccc(C)c(C)c2)C(c2nc(-c3cccc(OC)c3)no2)=C1C. The average molecular weight is 418 g/mol. The Bertz CT molecular complexity index is 1170. The maximum absolute atomic E-state index is 12.7. The summed E-state index contributed by atoms with van der Waals surface area (Å²) < 4.78 is 11.0. The van der Waals surface area contributed by atoms with Crippen LogP contribution in [-0.2, 0) is 0 Å². The summed E-state index contributed by atoms with van der Waals surface area (Å²) in [6.07, 6.45) is 0. The minimum Gasteiger partial charge on any atom is -0.497 e. The first-order chi connectivity index (χ1) is 14.9. The van der Waals surface area contributed by atoms with E-state index >= 15 is 0 Å². The zero-order valence-corrected chi connectivity index (χ0v) is 18.4. The number of ether oxygens (including phenoxy) is 1. The van der Waals surface area contributed by atoms with Gasteiger partial charge in [-0.15, -0.1) is 0 Å². The molecule has 7 heteroatoms. The van der Waals surface area contributed by atoms with Crippen LogP contribution in [0.1, 0.15) is 42.5 Å². The summed E-state index contributed by atoms with van der Waals surface area (Å²) in [5, 5.41) is 7.30. The number of nitrogens with zero attached hydrogens (tertiary/aromatic N) is 3. The molecule has 7 nitrogen and oxygen atoms in total. The van der Waals surface area contributed by atoms with Crippen LogP contribution in [0.3, 0.4) is 0 Å². The van der Waals surface area contributed by atoms with Crippen LogP contribution in [0.15, 0.2) is 52.7 Å². The predicted octanol–water partition coefficient (Wildman–Crippen LogP) is 4.88. The number of carbonyl (C=O) groups excluding carboxylic acids is 1. The number of methoxy groups -OCH3 is 1. The van der Waals surface area contributed by atoms with Gasteiger partial charge in [0, 0.05) is 17.8 Å². The van der Waals surface area contributed by atoms with Crippen LogP contribution in [0, 0.1) is 13.8 Å². The van der Waals surface area contributed by atoms with E-state index in [1.54, 1.807) is 12.0 Å². The molecule has 1 N–H and O–H groups in total. The van der Waals surface area contributed by atoms with Crippen molar-refractivity contribution >= 4 is 11.6 Å². The molecule has 3 aromatic rings. The van der Waals surface area contributed by atoms with Crippen LogP contribution in [0.25, 0.3) is 17.0 Å². The van der Waals surface area contributed by atoms with E-state index < -0.39 is 0 Å². The van der Waals surface area contributed by atoms with E-state index in [1.807, 2.05) is 44.2 Å². The lowest BCUT2D eigenvalue weighted by Crippen LogP contribution is -2.45. The zero-order valence-electron chi connectivity index (χ0n) is 18.4. The van der Waals surface area contributed by atoms with Gasteiger partial charge >= 0.3 is 6.03 Å². The molecule has 1 aliphatic rings. The van der Waals surface area contributed by atoms with E-state index in [1.165, 1.54) is 5.56 Å². The molecule has 1 unspecified atom stereocenters. The summed E-state index contributed by atoms with van der Waals surface area (Å²) in [5.41, 5.74) is 5.72. The molecule has 160 valence electrons. The van der Waals surface area contributed by atoms with Crippen LogP contribution in [0.2, 0.25) is 0 Å². The zero-order chi connectivity index (χ0) is 22.1. The lowest BCUT2D eigenvalue weighted by atomic mass is 9.92. The number of aromatic nitrogens is 2. The molecule has 0 saturated carbocycles. The summed E-state index contributed by atoms with van der Waals surface area (Å²) in [6, 6.07) is 13.2. The van der Waals surface area contributed by atoms with E-state index in [-0.39, 0.29) is 12.1 Å². The first kappa shape index (κ1) is 20.7. The van der Waals surface area contributed by atoms with Gasteiger partial charge in [-0.1, -0.05) is 35.5 Å². The molecule has 1 aliphatic heterocycles. The van der Waals surface area contributed by atoms with Gasteiger partial charge in [-0.25, -0.2) is 4.79 Å². The molecular weight excluding hydrogens is 392 g/mol. The van der Waals surface area contributed by atoms with E-state index in [0.29, 0.717) is 24.0 Å². The molecule has 2 heterocycles. The van der Waals surface area contributed by atoms with E-state index in [9.17, 15) is 4.79 Å². The number of carbonyl (C=O) groups is 1. The Morgan fingerprint density at radius 3 is 2.65 bits per heavy atom. The topological polar surface area (TPSA) is 80.5 Å². The number of hydrogen-bond donors (Lipinski definition) is 1. The summed E-state index contributed by atoms with van der Waals surface area (Å²) in [6.45, 7) is 8.52. The monoisotopic (exact) mass is 418 g/mol. The third-order valence-electron chi connectivity index (χ3n) is 5.76. The van der Waals surface area contributed by atoms with Crippen molar-refractivity contribution in [2.24, 2.45) is 0 Å². The standard InChI is InChI=1S/C24H26N4O3/c1-6-28-16(4)20(21(25-24(28)29)17-11-10-14(2)15(3)12-17)23-26-22(27-31-23)18-8-7-9-19(13-18)30-5/h7-13,21H,6H2,1-5H3,(H,25,29). The highest BCUT2D eigenvalue weighted by molar-refractivity contribution is 5.86. The van der Waals surface area contributed by atoms with Crippen molar-refractivity contribution in [3.05, 3.63) is 70.7 Å². The van der Waals surface area contributed by atoms with Crippen LogP contribution in [0.5, 0.6) is 5.75 Å². The summed E-state index contributed by atoms with van der Waals surface area (Å²) in [7, 11) is 1.62. The molecule has 2 aromatic carbocycles. The fourth-order valence-electron chi connectivity index (χ4n) is 3.85. The first-order valence-electron chi connectivity index (χ1n) is 10.3. The third-order valence-corrected chi connectivity index (χ3v) is 5.76. The number of benzene rings is 2. The number of allylic oxidation sites excluding steroid dienone is 1. The van der Waals surface area contributed by atoms with Crippen molar-refractivity contribution in [1.82, 2.24) is 20.4 Å². The van der Waals surface area contributed by atoms with Crippen molar-refractivity contribution in [3.8, 4) is 17.1 Å². The molecule has 0 radical (unpaired) electrons. The highest BCUT2D eigenvalue weighted by Gasteiger charge is 2.35. The normalized spacial score (nSPS) is 16.5. The Morgan fingerprint density at radius 1 is 1.13 bits per heavy atom. The molecule has 1 aromatic heterocycles. The van der Waals surface area contributed by atoms with Crippen LogP contribution in [0.4, 0.5) is 4.79 Å². The van der Waals surface area contributed by atoms with Crippen molar-refractivity contribution in [1.29, 1.82) is 0 Å².